The Labute approximate surface area is 133 Å². The molecule has 0 aromatic rings. The number of halogens is 3. The highest BCUT2D eigenvalue weighted by atomic mass is 35.8. The van der Waals surface area contributed by atoms with Crippen LogP contribution in [0.4, 0.5) is 0 Å². The van der Waals surface area contributed by atoms with Gasteiger partial charge in [-0.05, 0) is 6.42 Å². The molecule has 1 aliphatic rings. The highest BCUT2D eigenvalue weighted by Gasteiger charge is 2.47. The zero-order valence-electron chi connectivity index (χ0n) is 12.0. The molecule has 114 valence electrons. The summed E-state index contributed by atoms with van der Waals surface area (Å²) >= 11 is 18.4. The first-order valence-corrected chi connectivity index (χ1v) is 12.8. The van der Waals surface area contributed by atoms with Gasteiger partial charge in [0.1, 0.15) is 0 Å². The fourth-order valence-electron chi connectivity index (χ4n) is 2.52. The fraction of sp³-hybridized carbons (Fsp3) is 1.00. The zero-order chi connectivity index (χ0) is 14.1. The highest BCUT2D eigenvalue weighted by molar-refractivity contribution is 7.65. The van der Waals surface area contributed by atoms with Crippen molar-refractivity contribution in [1.29, 1.82) is 0 Å². The van der Waals surface area contributed by atoms with E-state index < -0.39 is 6.00 Å². The van der Waals surface area contributed by atoms with Crippen LogP contribution >= 0.6 is 33.2 Å². The summed E-state index contributed by atoms with van der Waals surface area (Å²) in [6.07, 6.45) is 13.3. The maximum atomic E-state index is 6.13. The van der Waals surface area contributed by atoms with Crippen molar-refractivity contribution in [3.05, 3.63) is 0 Å². The van der Waals surface area contributed by atoms with Crippen LogP contribution in [0.15, 0.2) is 0 Å². The number of epoxide rings is 1. The summed E-state index contributed by atoms with van der Waals surface area (Å²) in [5.41, 5.74) is 0.210. The molecule has 1 saturated heterocycles. The minimum atomic E-state index is -2.59. The Morgan fingerprint density at radius 3 is 1.84 bits per heavy atom. The molecule has 1 rings (SSSR count). The number of rotatable bonds is 12. The Balaban J connectivity index is 1.94. The molecule has 5 heteroatoms. The first-order chi connectivity index (χ1) is 9.05. The molecule has 0 radical (unpaired) electrons. The van der Waals surface area contributed by atoms with Crippen LogP contribution in [0, 0.1) is 0 Å². The van der Waals surface area contributed by atoms with Crippen molar-refractivity contribution in [3.8, 4) is 0 Å². The molecule has 0 aromatic carbocycles. The van der Waals surface area contributed by atoms with Crippen LogP contribution in [0.3, 0.4) is 0 Å². The van der Waals surface area contributed by atoms with E-state index in [0.717, 1.165) is 13.0 Å². The second-order valence-electron chi connectivity index (χ2n) is 5.64. The summed E-state index contributed by atoms with van der Waals surface area (Å²) in [7, 11) is 0. The smallest absolute Gasteiger partial charge is 0.346 e. The molecule has 19 heavy (non-hydrogen) atoms. The molecule has 0 bridgehead atoms. The zero-order valence-corrected chi connectivity index (χ0v) is 15.2. The Kier molecular flexibility index (Phi) is 9.42. The predicted octanol–water partition coefficient (Wildman–Crippen LogP) is 6.33. The van der Waals surface area contributed by atoms with E-state index in [4.69, 9.17) is 38.0 Å². The maximum Gasteiger partial charge on any atom is 0.346 e. The van der Waals surface area contributed by atoms with Gasteiger partial charge >= 0.3 is 6.00 Å². The molecule has 0 N–H and O–H groups in total. The Hall–Kier alpha value is 1.05. The summed E-state index contributed by atoms with van der Waals surface area (Å²) in [4.78, 5) is 0. The quantitative estimate of drug-likeness (QED) is 0.174. The van der Waals surface area contributed by atoms with Gasteiger partial charge in [-0.25, -0.2) is 0 Å². The lowest BCUT2D eigenvalue weighted by Crippen LogP contribution is -2.24. The maximum absolute atomic E-state index is 6.13. The topological polar surface area (TPSA) is 12.5 Å². The van der Waals surface area contributed by atoms with Crippen LogP contribution in [0.1, 0.15) is 71.1 Å². The third-order valence-corrected chi connectivity index (χ3v) is 7.87. The Bertz CT molecular complexity index is 229. The lowest BCUT2D eigenvalue weighted by Gasteiger charge is -2.19. The van der Waals surface area contributed by atoms with Crippen LogP contribution in [-0.4, -0.2) is 18.7 Å². The second-order valence-corrected chi connectivity index (χ2v) is 14.6. The molecular weight excluding hydrogens is 319 g/mol. The fourth-order valence-corrected chi connectivity index (χ4v) is 5.92. The Morgan fingerprint density at radius 2 is 1.42 bits per heavy atom. The lowest BCUT2D eigenvalue weighted by molar-refractivity contribution is 0.386. The van der Waals surface area contributed by atoms with Crippen LogP contribution in [0.2, 0.25) is 5.54 Å². The number of unbranched alkanes of at least 4 members (excludes halogenated alkanes) is 8. The Morgan fingerprint density at radius 1 is 0.947 bits per heavy atom. The van der Waals surface area contributed by atoms with Gasteiger partial charge in [0.15, 0.2) is 0 Å². The summed E-state index contributed by atoms with van der Waals surface area (Å²) in [6.45, 7) is 3.05. The first kappa shape index (κ1) is 18.1. The van der Waals surface area contributed by atoms with Gasteiger partial charge in [0.2, 0.25) is 0 Å². The minimum Gasteiger partial charge on any atom is -0.373 e. The van der Waals surface area contributed by atoms with Gasteiger partial charge in [0.05, 0.1) is 12.7 Å². The van der Waals surface area contributed by atoms with E-state index in [0.29, 0.717) is 0 Å². The van der Waals surface area contributed by atoms with Gasteiger partial charge in [-0.2, -0.15) is 0 Å². The average molecular weight is 346 g/mol. The van der Waals surface area contributed by atoms with Crippen molar-refractivity contribution in [1.82, 2.24) is 0 Å². The molecule has 1 nitrogen and oxygen atoms in total. The third kappa shape index (κ3) is 8.82. The predicted molar refractivity (Wildman–Crippen MR) is 88.6 cm³/mol. The van der Waals surface area contributed by atoms with E-state index in [1.54, 1.807) is 0 Å². The van der Waals surface area contributed by atoms with Crippen LogP contribution in [0.5, 0.6) is 0 Å². The largest absolute Gasteiger partial charge is 0.373 e. The van der Waals surface area contributed by atoms with Gasteiger partial charge in [-0.1, -0.05) is 64.7 Å². The highest BCUT2D eigenvalue weighted by Crippen LogP contribution is 2.44. The van der Waals surface area contributed by atoms with E-state index in [1.165, 1.54) is 57.8 Å². The number of ether oxygens (including phenoxy) is 1. The van der Waals surface area contributed by atoms with Gasteiger partial charge < -0.3 is 4.74 Å². The SMILES string of the molecule is CCCCCCCCCCCC(C1CO1)[Si](Cl)(Cl)Cl. The molecule has 0 spiro atoms. The lowest BCUT2D eigenvalue weighted by atomic mass is 10.1. The van der Waals surface area contributed by atoms with Gasteiger partial charge in [0.25, 0.3) is 0 Å². The van der Waals surface area contributed by atoms with E-state index in [9.17, 15) is 0 Å². The van der Waals surface area contributed by atoms with Crippen molar-refractivity contribution in [3.63, 3.8) is 0 Å². The van der Waals surface area contributed by atoms with E-state index in [-0.39, 0.29) is 11.6 Å². The van der Waals surface area contributed by atoms with Crippen LogP contribution in [0.25, 0.3) is 0 Å². The second kappa shape index (κ2) is 9.89. The van der Waals surface area contributed by atoms with E-state index in [1.807, 2.05) is 0 Å². The van der Waals surface area contributed by atoms with Gasteiger partial charge in [0, 0.05) is 5.54 Å². The van der Waals surface area contributed by atoms with Crippen molar-refractivity contribution >= 4 is 39.2 Å². The van der Waals surface area contributed by atoms with Crippen LogP contribution < -0.4 is 0 Å². The van der Waals surface area contributed by atoms with E-state index in [2.05, 4.69) is 6.92 Å². The molecule has 2 unspecified atom stereocenters. The molecule has 2 atom stereocenters. The van der Waals surface area contributed by atoms with E-state index >= 15 is 0 Å². The first-order valence-electron chi connectivity index (χ1n) is 7.74. The minimum absolute atomic E-state index is 0.210. The molecule has 0 aromatic heterocycles. The van der Waals surface area contributed by atoms with Crippen LogP contribution in [-0.2, 0) is 4.74 Å². The van der Waals surface area contributed by atoms with Gasteiger partial charge in [-0.15, -0.1) is 33.2 Å². The molecule has 0 amide bonds. The summed E-state index contributed by atoms with van der Waals surface area (Å²) in [5.74, 6) is 0. The molecule has 0 aliphatic carbocycles. The third-order valence-electron chi connectivity index (χ3n) is 3.85. The monoisotopic (exact) mass is 344 g/mol. The molecule has 1 heterocycles. The average Bonchev–Trinajstić information content (AvgIpc) is 3.14. The molecule has 1 fully saturated rings. The standard InChI is InChI=1S/C14H27Cl3OSi/c1-2-3-4-5-6-7-8-9-10-11-14(13-12-18-13)19(15,16)17/h13-14H,2-12H2,1H3. The number of hydrogen-bond donors (Lipinski definition) is 0. The van der Waals surface area contributed by atoms with Gasteiger partial charge in [-0.3, -0.25) is 0 Å². The summed E-state index contributed by atoms with van der Waals surface area (Å²) in [6, 6.07) is -2.59. The van der Waals surface area contributed by atoms with Crippen molar-refractivity contribution in [2.75, 3.05) is 6.61 Å². The normalized spacial score (nSPS) is 20.5. The van der Waals surface area contributed by atoms with Crippen molar-refractivity contribution in [2.45, 2.75) is 82.8 Å². The molecule has 1 aliphatic heterocycles. The van der Waals surface area contributed by atoms with Crippen molar-refractivity contribution < 1.29 is 4.74 Å². The van der Waals surface area contributed by atoms with Crippen molar-refractivity contribution in [2.24, 2.45) is 0 Å². The summed E-state index contributed by atoms with van der Waals surface area (Å²) in [5, 5.41) is 0. The molecule has 0 saturated carbocycles. The number of hydrogen-bond acceptors (Lipinski definition) is 1. The summed E-state index contributed by atoms with van der Waals surface area (Å²) < 4.78 is 5.31. The molecular formula is C14H27Cl3OSi.